The summed E-state index contributed by atoms with van der Waals surface area (Å²) >= 11 is 0. The van der Waals surface area contributed by atoms with E-state index in [4.69, 9.17) is 0 Å². The van der Waals surface area contributed by atoms with Crippen molar-refractivity contribution in [2.75, 3.05) is 0 Å². The standard InChI is InChI=1S/C13H9.C5H5.Hf/c1-3-7-12-10(5-1)9-11-6-2-4-8-13(11)12;1-2-4-5-3-1;/h1-5,7-8H,9H2;1-3H,4H2;/q2*-1;. The van der Waals surface area contributed by atoms with Gasteiger partial charge in [-0.25, -0.2) is 12.2 Å². The van der Waals surface area contributed by atoms with Gasteiger partial charge in [-0.15, -0.1) is 12.0 Å². The van der Waals surface area contributed by atoms with Crippen molar-refractivity contribution in [2.45, 2.75) is 12.8 Å². The van der Waals surface area contributed by atoms with Gasteiger partial charge < -0.3 is 0 Å². The topological polar surface area (TPSA) is 0 Å². The number of rotatable bonds is 0. The Hall–Kier alpha value is -1.21. The van der Waals surface area contributed by atoms with Crippen LogP contribution in [-0.4, -0.2) is 0 Å². The summed E-state index contributed by atoms with van der Waals surface area (Å²) in [5.74, 6) is 0. The first-order chi connectivity index (χ1) is 8.95. The predicted molar refractivity (Wildman–Crippen MR) is 75.1 cm³/mol. The van der Waals surface area contributed by atoms with Gasteiger partial charge >= 0.3 is 0 Å². The average Bonchev–Trinajstić information content (AvgIpc) is 3.10. The summed E-state index contributed by atoms with van der Waals surface area (Å²) in [6.07, 6.45) is 11.0. The van der Waals surface area contributed by atoms with Gasteiger partial charge in [0.25, 0.3) is 0 Å². The van der Waals surface area contributed by atoms with Crippen molar-refractivity contribution in [2.24, 2.45) is 0 Å². The second-order valence-corrected chi connectivity index (χ2v) is 4.40. The fraction of sp³-hybridized carbons (Fsp3) is 0.111. The van der Waals surface area contributed by atoms with Crippen molar-refractivity contribution in [1.82, 2.24) is 0 Å². The molecule has 0 heterocycles. The normalized spacial score (nSPS) is 13.1. The van der Waals surface area contributed by atoms with E-state index in [2.05, 4.69) is 54.6 Å². The molecule has 92 valence electrons. The van der Waals surface area contributed by atoms with E-state index in [0.29, 0.717) is 0 Å². The zero-order chi connectivity index (χ0) is 12.2. The maximum absolute atomic E-state index is 3.30. The molecule has 2 aliphatic carbocycles. The van der Waals surface area contributed by atoms with E-state index in [1.807, 2.05) is 18.2 Å². The first kappa shape index (κ1) is 14.2. The molecule has 0 saturated carbocycles. The summed E-state index contributed by atoms with van der Waals surface area (Å²) < 4.78 is 0. The van der Waals surface area contributed by atoms with E-state index >= 15 is 0 Å². The first-order valence-electron chi connectivity index (χ1n) is 6.25. The Kier molecular flexibility index (Phi) is 5.09. The van der Waals surface area contributed by atoms with Gasteiger partial charge in [-0.2, -0.15) is 35.9 Å². The minimum Gasteiger partial charge on any atom is -0.273 e. The van der Waals surface area contributed by atoms with Crippen molar-refractivity contribution < 1.29 is 25.8 Å². The van der Waals surface area contributed by atoms with Gasteiger partial charge in [0.2, 0.25) is 0 Å². The van der Waals surface area contributed by atoms with E-state index in [1.54, 1.807) is 0 Å². The van der Waals surface area contributed by atoms with Crippen LogP contribution in [0.4, 0.5) is 0 Å². The minimum atomic E-state index is 0. The summed E-state index contributed by atoms with van der Waals surface area (Å²) in [5, 5.41) is 0. The van der Waals surface area contributed by atoms with Gasteiger partial charge in [-0.1, -0.05) is 35.4 Å². The SMILES string of the molecule is [C-]1=CC=CC1.[Hf].[c-]1cccc2c1Cc1ccccc1-2. The molecule has 0 spiro atoms. The molecule has 0 amide bonds. The minimum absolute atomic E-state index is 0. The van der Waals surface area contributed by atoms with Crippen LogP contribution < -0.4 is 0 Å². The Bertz CT molecular complexity index is 555. The molecule has 0 aromatic heterocycles. The third-order valence-corrected chi connectivity index (χ3v) is 3.20. The Morgan fingerprint density at radius 2 is 1.79 bits per heavy atom. The Morgan fingerprint density at radius 1 is 0.947 bits per heavy atom. The van der Waals surface area contributed by atoms with E-state index in [-0.39, 0.29) is 25.8 Å². The van der Waals surface area contributed by atoms with Gasteiger partial charge in [0, 0.05) is 25.8 Å². The second kappa shape index (κ2) is 6.81. The molecule has 2 aromatic carbocycles. The number of hydrogen-bond acceptors (Lipinski definition) is 0. The van der Waals surface area contributed by atoms with Gasteiger partial charge in [0.15, 0.2) is 0 Å². The van der Waals surface area contributed by atoms with Gasteiger partial charge in [0.1, 0.15) is 0 Å². The zero-order valence-corrected chi connectivity index (χ0v) is 14.3. The fourth-order valence-electron chi connectivity index (χ4n) is 2.34. The molecule has 0 nitrogen and oxygen atoms in total. The van der Waals surface area contributed by atoms with Crippen molar-refractivity contribution >= 4 is 0 Å². The molecule has 0 bridgehead atoms. The molecule has 0 N–H and O–H groups in total. The average molecular weight is 409 g/mol. The zero-order valence-electron chi connectivity index (χ0n) is 10.7. The molecule has 19 heavy (non-hydrogen) atoms. The smallest absolute Gasteiger partial charge is 0 e. The maximum atomic E-state index is 3.30. The van der Waals surface area contributed by atoms with Gasteiger partial charge in [-0.3, -0.25) is 6.08 Å². The third kappa shape index (κ3) is 3.22. The monoisotopic (exact) mass is 410 g/mol. The fourth-order valence-corrected chi connectivity index (χ4v) is 2.34. The predicted octanol–water partition coefficient (Wildman–Crippen LogP) is 4.36. The summed E-state index contributed by atoms with van der Waals surface area (Å²) in [4.78, 5) is 0. The molecule has 1 heteroatoms. The molecule has 4 rings (SSSR count). The number of allylic oxidation sites excluding steroid dienone is 4. The van der Waals surface area contributed by atoms with Crippen LogP contribution in [0, 0.1) is 12.1 Å². The van der Waals surface area contributed by atoms with Crippen molar-refractivity contribution in [3.05, 3.63) is 84.0 Å². The summed E-state index contributed by atoms with van der Waals surface area (Å²) in [7, 11) is 0. The number of benzene rings is 2. The number of fused-ring (bicyclic) bond motifs is 3. The molecule has 0 saturated heterocycles. The molecular formula is C18H14Hf-2. The van der Waals surface area contributed by atoms with Crippen molar-refractivity contribution in [1.29, 1.82) is 0 Å². The summed E-state index contributed by atoms with van der Waals surface area (Å²) in [5.41, 5.74) is 5.51. The number of hydrogen-bond donors (Lipinski definition) is 0. The van der Waals surface area contributed by atoms with E-state index in [0.717, 1.165) is 12.8 Å². The van der Waals surface area contributed by atoms with Crippen LogP contribution >= 0.6 is 0 Å². The van der Waals surface area contributed by atoms with Crippen LogP contribution in [0.15, 0.2) is 60.7 Å². The van der Waals surface area contributed by atoms with Crippen LogP contribution in [-0.2, 0) is 32.3 Å². The summed E-state index contributed by atoms with van der Waals surface area (Å²) in [6, 6.07) is 18.1. The molecule has 2 aliphatic rings. The second-order valence-electron chi connectivity index (χ2n) is 4.40. The summed E-state index contributed by atoms with van der Waals surface area (Å²) in [6.45, 7) is 0. The quantitative estimate of drug-likeness (QED) is 0.383. The Balaban J connectivity index is 0.000000190. The first-order valence-corrected chi connectivity index (χ1v) is 6.25. The van der Waals surface area contributed by atoms with Gasteiger partial charge in [-0.05, 0) is 6.42 Å². The largest absolute Gasteiger partial charge is 0.273 e. The van der Waals surface area contributed by atoms with Crippen molar-refractivity contribution in [3.63, 3.8) is 0 Å². The van der Waals surface area contributed by atoms with Crippen LogP contribution in [0.5, 0.6) is 0 Å². The Labute approximate surface area is 133 Å². The molecule has 2 aromatic rings. The molecular weight excluding hydrogens is 395 g/mol. The molecule has 0 aliphatic heterocycles. The third-order valence-electron chi connectivity index (χ3n) is 3.20. The molecule has 0 unspecified atom stereocenters. The van der Waals surface area contributed by atoms with Crippen LogP contribution in [0.1, 0.15) is 17.5 Å². The van der Waals surface area contributed by atoms with E-state index < -0.39 is 0 Å². The molecule has 0 atom stereocenters. The van der Waals surface area contributed by atoms with Gasteiger partial charge in [0.05, 0.1) is 0 Å². The van der Waals surface area contributed by atoms with Crippen LogP contribution in [0.2, 0.25) is 0 Å². The maximum Gasteiger partial charge on any atom is 0 e. The van der Waals surface area contributed by atoms with Crippen LogP contribution in [0.3, 0.4) is 0 Å². The molecule has 0 radical (unpaired) electrons. The van der Waals surface area contributed by atoms with E-state index in [1.165, 1.54) is 22.3 Å². The van der Waals surface area contributed by atoms with E-state index in [9.17, 15) is 0 Å². The molecule has 0 fully saturated rings. The van der Waals surface area contributed by atoms with Crippen LogP contribution in [0.25, 0.3) is 11.1 Å². The van der Waals surface area contributed by atoms with Crippen molar-refractivity contribution in [3.8, 4) is 11.1 Å². The Morgan fingerprint density at radius 3 is 2.53 bits per heavy atom.